The number of pyridine rings is 1. The fourth-order valence-electron chi connectivity index (χ4n) is 5.97. The van der Waals surface area contributed by atoms with Crippen molar-refractivity contribution in [2.45, 2.75) is 55.3 Å². The predicted octanol–water partition coefficient (Wildman–Crippen LogP) is 5.41. The molecule has 9 heteroatoms. The molecule has 6 rings (SSSR count). The Morgan fingerprint density at radius 3 is 2.30 bits per heavy atom. The van der Waals surface area contributed by atoms with Crippen molar-refractivity contribution in [1.29, 1.82) is 0 Å². The molecule has 3 aromatic carbocycles. The van der Waals surface area contributed by atoms with Gasteiger partial charge in [0, 0.05) is 10.9 Å². The normalized spacial score (nSPS) is 20.6. The second kappa shape index (κ2) is 9.83. The number of imide groups is 1. The number of anilines is 1. The highest BCUT2D eigenvalue weighted by atomic mass is 32.2. The minimum atomic E-state index is -4.08. The van der Waals surface area contributed by atoms with E-state index in [1.165, 1.54) is 16.7 Å². The second-order valence-electron chi connectivity index (χ2n) is 10.5. The Labute approximate surface area is 238 Å². The Balaban J connectivity index is 1.52. The number of thioether (sulfide) groups is 1. The number of hydrogen-bond donors (Lipinski definition) is 1. The van der Waals surface area contributed by atoms with Gasteiger partial charge in [-0.05, 0) is 74.2 Å². The van der Waals surface area contributed by atoms with Crippen LogP contribution in [0.1, 0.15) is 40.8 Å². The maximum absolute atomic E-state index is 14.0. The van der Waals surface area contributed by atoms with Gasteiger partial charge in [-0.3, -0.25) is 9.59 Å². The highest BCUT2D eigenvalue weighted by Gasteiger charge is 2.56. The summed E-state index contributed by atoms with van der Waals surface area (Å²) in [6, 6.07) is 19.4. The number of hydrogen-bond acceptors (Lipinski definition) is 6. The van der Waals surface area contributed by atoms with Crippen molar-refractivity contribution in [2.75, 3.05) is 4.90 Å². The first kappa shape index (κ1) is 26.7. The van der Waals surface area contributed by atoms with Crippen LogP contribution in [0.25, 0.3) is 10.9 Å². The van der Waals surface area contributed by atoms with E-state index in [1.54, 1.807) is 38.1 Å². The van der Waals surface area contributed by atoms with E-state index in [2.05, 4.69) is 11.6 Å². The number of fused-ring (bicyclic) bond motifs is 3. The number of benzene rings is 3. The number of amides is 2. The lowest BCUT2D eigenvalue weighted by molar-refractivity contribution is -0.122. The number of para-hydroxylation sites is 1. The van der Waals surface area contributed by atoms with Crippen molar-refractivity contribution >= 4 is 50.2 Å². The third kappa shape index (κ3) is 4.33. The van der Waals surface area contributed by atoms with Crippen LogP contribution >= 0.6 is 11.8 Å². The Morgan fingerprint density at radius 1 is 0.925 bits per heavy atom. The summed E-state index contributed by atoms with van der Waals surface area (Å²) in [6.07, 6.45) is 0.841. The molecule has 3 atom stereocenters. The van der Waals surface area contributed by atoms with Crippen molar-refractivity contribution in [3.63, 3.8) is 0 Å². The molecule has 0 aliphatic carbocycles. The predicted molar refractivity (Wildman–Crippen MR) is 157 cm³/mol. The van der Waals surface area contributed by atoms with Crippen LogP contribution in [0.4, 0.5) is 5.69 Å². The van der Waals surface area contributed by atoms with Crippen molar-refractivity contribution in [2.24, 2.45) is 5.92 Å². The molecule has 204 valence electrons. The molecular weight excluding hydrogens is 542 g/mol. The van der Waals surface area contributed by atoms with Gasteiger partial charge in [0.2, 0.25) is 21.8 Å². The van der Waals surface area contributed by atoms with Gasteiger partial charge in [-0.15, -0.1) is 0 Å². The molecule has 2 aliphatic rings. The van der Waals surface area contributed by atoms with E-state index in [9.17, 15) is 18.0 Å². The van der Waals surface area contributed by atoms with Crippen LogP contribution in [0, 0.1) is 26.7 Å². The maximum atomic E-state index is 14.0. The lowest BCUT2D eigenvalue weighted by Crippen LogP contribution is -2.42. The van der Waals surface area contributed by atoms with Gasteiger partial charge in [-0.2, -0.15) is 0 Å². The molecule has 3 heterocycles. The maximum Gasteiger partial charge on any atom is 0.248 e. The molecule has 2 aliphatic heterocycles. The smallest absolute Gasteiger partial charge is 0.248 e. The molecule has 1 aromatic heterocycles. The van der Waals surface area contributed by atoms with Gasteiger partial charge in [-0.25, -0.2) is 23.0 Å². The van der Waals surface area contributed by atoms with Gasteiger partial charge >= 0.3 is 0 Å². The summed E-state index contributed by atoms with van der Waals surface area (Å²) >= 11 is 1.24. The minimum Gasteiger partial charge on any atom is -0.274 e. The Kier molecular flexibility index (Phi) is 6.56. The third-order valence-corrected chi connectivity index (χ3v) is 10.7. The van der Waals surface area contributed by atoms with Crippen molar-refractivity contribution in [3.05, 3.63) is 94.5 Å². The topological polar surface area (TPSA) is 96.4 Å². The summed E-state index contributed by atoms with van der Waals surface area (Å²) in [6.45, 7) is 7.53. The first-order chi connectivity index (χ1) is 19.1. The van der Waals surface area contributed by atoms with Gasteiger partial charge in [0.1, 0.15) is 10.3 Å². The number of aryl methyl sites for hydroxylation is 4. The summed E-state index contributed by atoms with van der Waals surface area (Å²) in [5.74, 6) is -1.72. The summed E-state index contributed by atoms with van der Waals surface area (Å²) in [5.41, 5.74) is 5.16. The van der Waals surface area contributed by atoms with E-state index in [0.29, 0.717) is 27.4 Å². The van der Waals surface area contributed by atoms with Gasteiger partial charge in [0.25, 0.3) is 0 Å². The number of carbonyl (C=O) groups is 2. The van der Waals surface area contributed by atoms with Crippen molar-refractivity contribution < 1.29 is 18.0 Å². The van der Waals surface area contributed by atoms with Crippen molar-refractivity contribution in [3.8, 4) is 0 Å². The van der Waals surface area contributed by atoms with Crippen molar-refractivity contribution in [1.82, 2.24) is 9.71 Å². The van der Waals surface area contributed by atoms with Crippen LogP contribution in [-0.4, -0.2) is 30.5 Å². The molecule has 7 nitrogen and oxygen atoms in total. The number of nitrogens with zero attached hydrogens (tertiary/aromatic N) is 2. The highest BCUT2D eigenvalue weighted by molar-refractivity contribution is 8.00. The van der Waals surface area contributed by atoms with Gasteiger partial charge < -0.3 is 0 Å². The SMILES string of the molecule is CCc1ccc2nc3c(cc2c1)[C@@H](NS(=O)(=O)c1c(C)cc(C)cc1C)[C@H]1C(=O)N(c2ccccc2)C(=O)[C@H]1S3. The Morgan fingerprint density at radius 2 is 1.62 bits per heavy atom. The lowest BCUT2D eigenvalue weighted by atomic mass is 9.91. The van der Waals surface area contributed by atoms with Gasteiger partial charge in [0.15, 0.2) is 0 Å². The lowest BCUT2D eigenvalue weighted by Gasteiger charge is -2.32. The first-order valence-electron chi connectivity index (χ1n) is 13.2. The monoisotopic (exact) mass is 571 g/mol. The number of sulfonamides is 1. The Hall–Kier alpha value is -3.53. The molecule has 4 aromatic rings. The van der Waals surface area contributed by atoms with Crippen LogP contribution in [0.15, 0.2) is 76.7 Å². The fraction of sp³-hybridized carbons (Fsp3) is 0.258. The Bertz CT molecular complexity index is 1780. The molecule has 0 bridgehead atoms. The summed E-state index contributed by atoms with van der Waals surface area (Å²) in [4.78, 5) is 33.9. The quantitative estimate of drug-likeness (QED) is 0.322. The van der Waals surface area contributed by atoms with E-state index < -0.39 is 33.1 Å². The minimum absolute atomic E-state index is 0.188. The van der Waals surface area contributed by atoms with Crippen LogP contribution in [0.3, 0.4) is 0 Å². The molecule has 1 fully saturated rings. The molecule has 0 spiro atoms. The molecule has 1 saturated heterocycles. The highest BCUT2D eigenvalue weighted by Crippen LogP contribution is 2.50. The zero-order chi connectivity index (χ0) is 28.3. The number of nitrogens with one attached hydrogen (secondary N) is 1. The zero-order valence-electron chi connectivity index (χ0n) is 22.6. The average molecular weight is 572 g/mol. The fourth-order valence-corrected chi connectivity index (χ4v) is 9.00. The van der Waals surface area contributed by atoms with Gasteiger partial charge in [-0.1, -0.05) is 60.6 Å². The van der Waals surface area contributed by atoms with Crippen LogP contribution in [-0.2, 0) is 26.0 Å². The molecule has 0 saturated carbocycles. The van der Waals surface area contributed by atoms with E-state index >= 15 is 0 Å². The number of aromatic nitrogens is 1. The summed E-state index contributed by atoms with van der Waals surface area (Å²) < 4.78 is 30.9. The van der Waals surface area contributed by atoms with Gasteiger partial charge in [0.05, 0.1) is 28.1 Å². The summed E-state index contributed by atoms with van der Waals surface area (Å²) in [5, 5.41) is 0.604. The molecular formula is C31H29N3O4S2. The molecule has 0 radical (unpaired) electrons. The molecule has 40 heavy (non-hydrogen) atoms. The van der Waals surface area contributed by atoms with E-state index in [-0.39, 0.29) is 10.8 Å². The molecule has 0 unspecified atom stereocenters. The van der Waals surface area contributed by atoms with E-state index in [0.717, 1.165) is 28.5 Å². The third-order valence-electron chi connectivity index (χ3n) is 7.68. The van der Waals surface area contributed by atoms with E-state index in [4.69, 9.17) is 4.98 Å². The average Bonchev–Trinajstić information content (AvgIpc) is 3.15. The first-order valence-corrected chi connectivity index (χ1v) is 15.6. The van der Waals surface area contributed by atoms with Crippen LogP contribution in [0.2, 0.25) is 0 Å². The standard InChI is InChI=1S/C31H29N3O4S2/c1-5-20-11-12-24-21(15-20)16-23-26(33-40(37,38)28-18(3)13-17(2)14-19(28)4)25-27(39-29(23)32-24)31(36)34(30(25)35)22-9-7-6-8-10-22/h6-16,25-27,33H,5H2,1-4H3/t25-,26-,27+/m1/s1. The van der Waals surface area contributed by atoms with Crippen LogP contribution in [0.5, 0.6) is 0 Å². The summed E-state index contributed by atoms with van der Waals surface area (Å²) in [7, 11) is -4.08. The number of rotatable bonds is 5. The molecule has 2 amide bonds. The van der Waals surface area contributed by atoms with E-state index in [1.807, 2.05) is 49.4 Å². The van der Waals surface area contributed by atoms with Crippen LogP contribution < -0.4 is 9.62 Å². The molecule has 1 N–H and O–H groups in total. The second-order valence-corrected chi connectivity index (χ2v) is 13.3. The number of carbonyl (C=O) groups excluding carboxylic acids is 2. The largest absolute Gasteiger partial charge is 0.274 e. The zero-order valence-corrected chi connectivity index (χ0v) is 24.3.